The number of nitrogens with one attached hydrogen (secondary N) is 2. The highest BCUT2D eigenvalue weighted by Gasteiger charge is 2.27. The Bertz CT molecular complexity index is 660. The number of ether oxygens (including phenoxy) is 1. The maximum atomic E-state index is 12.3. The minimum atomic E-state index is -0.446. The van der Waals surface area contributed by atoms with E-state index in [1.165, 1.54) is 4.88 Å². The third-order valence-corrected chi connectivity index (χ3v) is 5.30. The fraction of sp³-hybridized carbons (Fsp3) is 0.750. The summed E-state index contributed by atoms with van der Waals surface area (Å²) in [6.45, 7) is 13.6. The molecule has 166 valence electrons. The molecule has 1 saturated heterocycles. The van der Waals surface area contributed by atoms with Gasteiger partial charge in [-0.1, -0.05) is 0 Å². The highest BCUT2D eigenvalue weighted by molar-refractivity contribution is 14.0. The van der Waals surface area contributed by atoms with Crippen molar-refractivity contribution in [1.82, 2.24) is 20.5 Å². The van der Waals surface area contributed by atoms with Gasteiger partial charge in [0.25, 0.3) is 0 Å². The summed E-state index contributed by atoms with van der Waals surface area (Å²) < 4.78 is 5.51. The average molecular weight is 538 g/mol. The zero-order valence-electron chi connectivity index (χ0n) is 18.3. The molecule has 29 heavy (non-hydrogen) atoms. The van der Waals surface area contributed by atoms with Crippen molar-refractivity contribution in [3.63, 3.8) is 0 Å². The maximum absolute atomic E-state index is 12.3. The topological polar surface area (TPSA) is 78.9 Å². The van der Waals surface area contributed by atoms with Gasteiger partial charge < -0.3 is 20.3 Å². The lowest BCUT2D eigenvalue weighted by Gasteiger charge is -2.34. The molecule has 2 rings (SSSR count). The van der Waals surface area contributed by atoms with Gasteiger partial charge in [0.15, 0.2) is 5.96 Å². The van der Waals surface area contributed by atoms with Crippen LogP contribution in [0.5, 0.6) is 0 Å². The van der Waals surface area contributed by atoms with Crippen molar-refractivity contribution >= 4 is 47.4 Å². The minimum Gasteiger partial charge on any atom is -0.444 e. The molecule has 1 aliphatic heterocycles. The largest absolute Gasteiger partial charge is 0.444 e. The SMILES string of the molecule is CCNC(=NCc1ncc(C)s1)NCCC1CCCN(C(=O)OC(C)(C)C)C1.I. The lowest BCUT2D eigenvalue weighted by Crippen LogP contribution is -2.44. The van der Waals surface area contributed by atoms with Crippen LogP contribution in [0.4, 0.5) is 4.79 Å². The second kappa shape index (κ2) is 12.6. The number of hydrogen-bond donors (Lipinski definition) is 2. The number of carbonyl (C=O) groups is 1. The zero-order valence-corrected chi connectivity index (χ0v) is 21.4. The van der Waals surface area contributed by atoms with E-state index in [0.29, 0.717) is 12.5 Å². The van der Waals surface area contributed by atoms with Gasteiger partial charge in [0.2, 0.25) is 0 Å². The van der Waals surface area contributed by atoms with E-state index in [0.717, 1.165) is 56.4 Å². The Morgan fingerprint density at radius 1 is 1.41 bits per heavy atom. The molecule has 1 amide bonds. The number of halogens is 1. The van der Waals surface area contributed by atoms with Gasteiger partial charge in [-0.3, -0.25) is 0 Å². The van der Waals surface area contributed by atoms with Crippen LogP contribution in [-0.4, -0.2) is 53.7 Å². The lowest BCUT2D eigenvalue weighted by molar-refractivity contribution is 0.0162. The van der Waals surface area contributed by atoms with E-state index in [1.54, 1.807) is 11.3 Å². The summed E-state index contributed by atoms with van der Waals surface area (Å²) in [6, 6.07) is 0. The van der Waals surface area contributed by atoms with Crippen molar-refractivity contribution in [1.29, 1.82) is 0 Å². The normalized spacial score (nSPS) is 17.5. The van der Waals surface area contributed by atoms with Gasteiger partial charge in [-0.25, -0.2) is 14.8 Å². The highest BCUT2D eigenvalue weighted by atomic mass is 127. The summed E-state index contributed by atoms with van der Waals surface area (Å²) in [5.74, 6) is 1.30. The lowest BCUT2D eigenvalue weighted by atomic mass is 9.95. The van der Waals surface area contributed by atoms with Gasteiger partial charge in [-0.15, -0.1) is 35.3 Å². The van der Waals surface area contributed by atoms with Crippen LogP contribution < -0.4 is 10.6 Å². The van der Waals surface area contributed by atoms with Crippen molar-refractivity contribution < 1.29 is 9.53 Å². The number of carbonyl (C=O) groups excluding carboxylic acids is 1. The van der Waals surface area contributed by atoms with Crippen molar-refractivity contribution in [2.24, 2.45) is 10.9 Å². The molecule has 0 bridgehead atoms. The summed E-state index contributed by atoms with van der Waals surface area (Å²) in [5.41, 5.74) is -0.446. The van der Waals surface area contributed by atoms with Crippen LogP contribution in [0, 0.1) is 12.8 Å². The van der Waals surface area contributed by atoms with E-state index >= 15 is 0 Å². The number of amides is 1. The molecule has 1 aromatic rings. The number of aromatic nitrogens is 1. The Morgan fingerprint density at radius 2 is 2.17 bits per heavy atom. The molecule has 1 aromatic heterocycles. The number of nitrogens with zero attached hydrogens (tertiary/aromatic N) is 3. The standard InChI is InChI=1S/C20H35N5O2S.HI/c1-6-21-18(24-13-17-23-12-15(2)28-17)22-10-9-16-8-7-11-25(14-16)19(26)27-20(3,4)5;/h12,16H,6-11,13-14H2,1-5H3,(H2,21,22,24);1H. The summed E-state index contributed by atoms with van der Waals surface area (Å²) in [5, 5.41) is 7.71. The first-order valence-corrected chi connectivity index (χ1v) is 11.0. The molecule has 1 fully saturated rings. The smallest absolute Gasteiger partial charge is 0.410 e. The minimum absolute atomic E-state index is 0. The van der Waals surface area contributed by atoms with Gasteiger partial charge in [-0.05, 0) is 59.8 Å². The molecular weight excluding hydrogens is 501 g/mol. The molecule has 0 radical (unpaired) electrons. The Kier molecular flexibility index (Phi) is 11.2. The summed E-state index contributed by atoms with van der Waals surface area (Å²) in [6.07, 6.45) is 4.86. The fourth-order valence-corrected chi connectivity index (χ4v) is 3.86. The number of thiazole rings is 1. The molecule has 2 N–H and O–H groups in total. The van der Waals surface area contributed by atoms with E-state index < -0.39 is 5.60 Å². The summed E-state index contributed by atoms with van der Waals surface area (Å²) in [4.78, 5) is 24.3. The average Bonchev–Trinajstić information content (AvgIpc) is 3.04. The molecule has 0 spiro atoms. The molecule has 7 nitrogen and oxygen atoms in total. The monoisotopic (exact) mass is 537 g/mol. The summed E-state index contributed by atoms with van der Waals surface area (Å²) in [7, 11) is 0. The predicted molar refractivity (Wildman–Crippen MR) is 130 cm³/mol. The van der Waals surface area contributed by atoms with Crippen molar-refractivity contribution in [3.8, 4) is 0 Å². The molecule has 1 unspecified atom stereocenters. The fourth-order valence-electron chi connectivity index (χ4n) is 3.15. The van der Waals surface area contributed by atoms with Crippen LogP contribution in [0.1, 0.15) is 56.8 Å². The van der Waals surface area contributed by atoms with E-state index in [1.807, 2.05) is 31.9 Å². The van der Waals surface area contributed by atoms with Gasteiger partial charge in [-0.2, -0.15) is 0 Å². The first-order chi connectivity index (χ1) is 13.3. The number of rotatable bonds is 6. The van der Waals surface area contributed by atoms with Crippen LogP contribution in [0.15, 0.2) is 11.2 Å². The van der Waals surface area contributed by atoms with Crippen molar-refractivity contribution in [2.45, 2.75) is 66.0 Å². The number of aliphatic imine (C=N–C) groups is 1. The maximum Gasteiger partial charge on any atom is 0.410 e. The number of guanidine groups is 1. The number of likely N-dealkylation sites (tertiary alicyclic amines) is 1. The molecule has 0 saturated carbocycles. The first-order valence-electron chi connectivity index (χ1n) is 10.2. The Morgan fingerprint density at radius 3 is 2.79 bits per heavy atom. The molecule has 1 atom stereocenters. The van der Waals surface area contributed by atoms with E-state index in [2.05, 4.69) is 34.5 Å². The van der Waals surface area contributed by atoms with Crippen LogP contribution in [0.3, 0.4) is 0 Å². The molecule has 2 heterocycles. The van der Waals surface area contributed by atoms with Crippen LogP contribution >= 0.6 is 35.3 Å². The predicted octanol–water partition coefficient (Wildman–Crippen LogP) is 4.16. The highest BCUT2D eigenvalue weighted by Crippen LogP contribution is 2.21. The number of piperidine rings is 1. The zero-order chi connectivity index (χ0) is 20.6. The summed E-state index contributed by atoms with van der Waals surface area (Å²) >= 11 is 1.68. The number of hydrogen-bond acceptors (Lipinski definition) is 5. The second-order valence-corrected chi connectivity index (χ2v) is 9.53. The molecule has 0 aliphatic carbocycles. The molecular formula is C20H36IN5O2S. The van der Waals surface area contributed by atoms with Crippen LogP contribution in [0.2, 0.25) is 0 Å². The quantitative estimate of drug-likeness (QED) is 0.324. The Balaban J connectivity index is 0.00000420. The van der Waals surface area contributed by atoms with E-state index in [9.17, 15) is 4.79 Å². The first kappa shape index (κ1) is 25.9. The molecule has 1 aliphatic rings. The van der Waals surface area contributed by atoms with Crippen molar-refractivity contribution in [3.05, 3.63) is 16.1 Å². The third-order valence-electron chi connectivity index (χ3n) is 4.40. The Hall–Kier alpha value is -1.10. The third kappa shape index (κ3) is 9.97. The van der Waals surface area contributed by atoms with E-state index in [-0.39, 0.29) is 30.1 Å². The van der Waals surface area contributed by atoms with Crippen molar-refractivity contribution in [2.75, 3.05) is 26.2 Å². The van der Waals surface area contributed by atoms with Crippen LogP contribution in [0.25, 0.3) is 0 Å². The molecule has 0 aromatic carbocycles. The van der Waals surface area contributed by atoms with E-state index in [4.69, 9.17) is 4.74 Å². The Labute approximate surface area is 196 Å². The van der Waals surface area contributed by atoms with Gasteiger partial charge >= 0.3 is 6.09 Å². The molecule has 9 heteroatoms. The number of aryl methyl sites for hydroxylation is 1. The van der Waals surface area contributed by atoms with Gasteiger partial charge in [0.05, 0.1) is 6.54 Å². The van der Waals surface area contributed by atoms with Crippen LogP contribution in [-0.2, 0) is 11.3 Å². The second-order valence-electron chi connectivity index (χ2n) is 8.21. The van der Waals surface area contributed by atoms with Gasteiger partial charge in [0, 0.05) is 37.3 Å². The van der Waals surface area contributed by atoms with Gasteiger partial charge in [0.1, 0.15) is 10.6 Å².